The number of fused-ring (bicyclic) bond motifs is 1. The van der Waals surface area contributed by atoms with E-state index in [0.717, 1.165) is 60.3 Å². The highest BCUT2D eigenvalue weighted by Crippen LogP contribution is 2.33. The van der Waals surface area contributed by atoms with Crippen molar-refractivity contribution in [2.75, 3.05) is 25.1 Å². The molecule has 146 valence electrons. The number of rotatable bonds is 3. The molecule has 0 aliphatic carbocycles. The number of benzene rings is 2. The molecule has 3 aromatic rings. The smallest absolute Gasteiger partial charge is 0.165 e. The van der Waals surface area contributed by atoms with Gasteiger partial charge >= 0.3 is 0 Å². The molecule has 0 N–H and O–H groups in total. The van der Waals surface area contributed by atoms with Crippen LogP contribution in [-0.4, -0.2) is 30.2 Å². The number of nitrogens with zero attached hydrogens (tertiary/aromatic N) is 3. The summed E-state index contributed by atoms with van der Waals surface area (Å²) in [5.74, 6) is 0.263. The van der Waals surface area contributed by atoms with Crippen LogP contribution < -0.4 is 9.64 Å². The van der Waals surface area contributed by atoms with Crippen LogP contribution in [-0.2, 0) is 0 Å². The number of hydrogen-bond donors (Lipinski definition) is 0. The zero-order valence-corrected chi connectivity index (χ0v) is 16.3. The van der Waals surface area contributed by atoms with Crippen molar-refractivity contribution < 1.29 is 13.5 Å². The van der Waals surface area contributed by atoms with Crippen molar-refractivity contribution in [3.8, 4) is 17.1 Å². The molecule has 1 fully saturated rings. The van der Waals surface area contributed by atoms with Crippen LogP contribution in [0.2, 0.25) is 0 Å². The minimum absolute atomic E-state index is 0.0355. The van der Waals surface area contributed by atoms with E-state index in [9.17, 15) is 8.78 Å². The first-order valence-electron chi connectivity index (χ1n) is 9.53. The van der Waals surface area contributed by atoms with Gasteiger partial charge in [0.25, 0.3) is 0 Å². The molecule has 28 heavy (non-hydrogen) atoms. The SMILES string of the molecule is COc1cc(F)c(-c2nc(N3CCC(C)CC3)c3ccc(C)cc3n2)cc1F. The van der Waals surface area contributed by atoms with E-state index < -0.39 is 11.6 Å². The number of halogens is 2. The van der Waals surface area contributed by atoms with Gasteiger partial charge < -0.3 is 9.64 Å². The molecule has 0 atom stereocenters. The van der Waals surface area contributed by atoms with Gasteiger partial charge in [-0.1, -0.05) is 13.0 Å². The molecule has 1 aromatic heterocycles. The third-order valence-corrected chi connectivity index (χ3v) is 5.40. The summed E-state index contributed by atoms with van der Waals surface area (Å²) in [6.45, 7) is 6.01. The van der Waals surface area contributed by atoms with Crippen LogP contribution in [0.25, 0.3) is 22.3 Å². The van der Waals surface area contributed by atoms with Crippen molar-refractivity contribution in [1.82, 2.24) is 9.97 Å². The minimum atomic E-state index is -0.639. The zero-order chi connectivity index (χ0) is 19.8. The molecule has 2 heterocycles. The van der Waals surface area contributed by atoms with Gasteiger partial charge in [-0.2, -0.15) is 0 Å². The Kier molecular flexibility index (Phi) is 4.87. The summed E-state index contributed by atoms with van der Waals surface area (Å²) in [6, 6.07) is 8.13. The molecule has 2 aromatic carbocycles. The first-order valence-corrected chi connectivity index (χ1v) is 9.53. The maximum Gasteiger partial charge on any atom is 0.165 e. The number of piperidine rings is 1. The Labute approximate surface area is 163 Å². The molecule has 0 spiro atoms. The van der Waals surface area contributed by atoms with Crippen molar-refractivity contribution in [1.29, 1.82) is 0 Å². The van der Waals surface area contributed by atoms with E-state index in [2.05, 4.69) is 21.8 Å². The maximum atomic E-state index is 14.7. The summed E-state index contributed by atoms with van der Waals surface area (Å²) in [6.07, 6.45) is 2.16. The average molecular weight is 383 g/mol. The first-order chi connectivity index (χ1) is 13.5. The fourth-order valence-electron chi connectivity index (χ4n) is 3.66. The van der Waals surface area contributed by atoms with Crippen molar-refractivity contribution in [3.63, 3.8) is 0 Å². The van der Waals surface area contributed by atoms with Gasteiger partial charge in [0.05, 0.1) is 18.2 Å². The van der Waals surface area contributed by atoms with Gasteiger partial charge in [-0.05, 0) is 49.4 Å². The summed E-state index contributed by atoms with van der Waals surface area (Å²) < 4.78 is 33.8. The van der Waals surface area contributed by atoms with Crippen LogP contribution in [0.5, 0.6) is 5.75 Å². The van der Waals surface area contributed by atoms with E-state index >= 15 is 0 Å². The van der Waals surface area contributed by atoms with Crippen molar-refractivity contribution in [2.24, 2.45) is 5.92 Å². The lowest BCUT2D eigenvalue weighted by Gasteiger charge is -2.32. The molecule has 0 saturated carbocycles. The lowest BCUT2D eigenvalue weighted by molar-refractivity contribution is 0.383. The lowest BCUT2D eigenvalue weighted by atomic mass is 9.99. The van der Waals surface area contributed by atoms with Gasteiger partial charge in [-0.3, -0.25) is 0 Å². The van der Waals surface area contributed by atoms with E-state index in [1.54, 1.807) is 0 Å². The van der Waals surface area contributed by atoms with Crippen LogP contribution in [0.4, 0.5) is 14.6 Å². The number of ether oxygens (including phenoxy) is 1. The Morgan fingerprint density at radius 3 is 2.50 bits per heavy atom. The third kappa shape index (κ3) is 3.39. The molecule has 1 saturated heterocycles. The zero-order valence-electron chi connectivity index (χ0n) is 16.3. The standard InChI is InChI=1S/C22H23F2N3O/c1-13-6-8-27(9-7-13)22-15-5-4-14(2)10-19(15)25-21(26-22)16-11-18(24)20(28-3)12-17(16)23/h4-5,10-13H,6-9H2,1-3H3. The quantitative estimate of drug-likeness (QED) is 0.629. The number of anilines is 1. The summed E-state index contributed by atoms with van der Waals surface area (Å²) in [7, 11) is 1.31. The second-order valence-electron chi connectivity index (χ2n) is 7.53. The Bertz CT molecular complexity index is 1030. The molecule has 1 aliphatic rings. The molecule has 0 amide bonds. The molecule has 0 bridgehead atoms. The Morgan fingerprint density at radius 2 is 1.79 bits per heavy atom. The highest BCUT2D eigenvalue weighted by molar-refractivity contribution is 5.91. The average Bonchev–Trinajstić information content (AvgIpc) is 2.69. The molecule has 0 radical (unpaired) electrons. The van der Waals surface area contributed by atoms with Crippen molar-refractivity contribution in [3.05, 3.63) is 47.5 Å². The molecule has 6 heteroatoms. The normalized spacial score (nSPS) is 15.2. The molecular weight excluding hydrogens is 360 g/mol. The van der Waals surface area contributed by atoms with Crippen LogP contribution >= 0.6 is 0 Å². The number of methoxy groups -OCH3 is 1. The van der Waals surface area contributed by atoms with Gasteiger partial charge in [0.2, 0.25) is 0 Å². The van der Waals surface area contributed by atoms with Crippen molar-refractivity contribution in [2.45, 2.75) is 26.7 Å². The highest BCUT2D eigenvalue weighted by Gasteiger charge is 2.22. The van der Waals surface area contributed by atoms with E-state index in [-0.39, 0.29) is 17.1 Å². The number of hydrogen-bond acceptors (Lipinski definition) is 4. The number of aryl methyl sites for hydroxylation is 1. The van der Waals surface area contributed by atoms with Gasteiger partial charge in [0.15, 0.2) is 17.4 Å². The largest absolute Gasteiger partial charge is 0.494 e. The summed E-state index contributed by atoms with van der Waals surface area (Å²) in [5.41, 5.74) is 1.82. The summed E-state index contributed by atoms with van der Waals surface area (Å²) >= 11 is 0. The Balaban J connectivity index is 1.89. The van der Waals surface area contributed by atoms with E-state index in [1.165, 1.54) is 7.11 Å². The predicted molar refractivity (Wildman–Crippen MR) is 107 cm³/mol. The second kappa shape index (κ2) is 7.34. The molecule has 4 nitrogen and oxygen atoms in total. The Hall–Kier alpha value is -2.76. The third-order valence-electron chi connectivity index (χ3n) is 5.40. The van der Waals surface area contributed by atoms with Crippen molar-refractivity contribution >= 4 is 16.7 Å². The fourth-order valence-corrected chi connectivity index (χ4v) is 3.66. The monoisotopic (exact) mass is 383 g/mol. The molecule has 4 rings (SSSR count). The first kappa shape index (κ1) is 18.6. The Morgan fingerprint density at radius 1 is 1.04 bits per heavy atom. The lowest BCUT2D eigenvalue weighted by Crippen LogP contribution is -2.33. The van der Waals surface area contributed by atoms with Crippen LogP contribution in [0, 0.1) is 24.5 Å². The summed E-state index contributed by atoms with van der Waals surface area (Å²) in [5, 5.41) is 0.929. The molecule has 1 aliphatic heterocycles. The fraction of sp³-hybridized carbons (Fsp3) is 0.364. The summed E-state index contributed by atoms with van der Waals surface area (Å²) in [4.78, 5) is 11.4. The maximum absolute atomic E-state index is 14.7. The van der Waals surface area contributed by atoms with E-state index in [4.69, 9.17) is 4.74 Å². The topological polar surface area (TPSA) is 38.2 Å². The van der Waals surface area contributed by atoms with Gasteiger partial charge in [0.1, 0.15) is 11.6 Å². The minimum Gasteiger partial charge on any atom is -0.494 e. The number of aromatic nitrogens is 2. The predicted octanol–water partition coefficient (Wildman–Crippen LogP) is 5.13. The van der Waals surface area contributed by atoms with Gasteiger partial charge in [-0.25, -0.2) is 18.7 Å². The van der Waals surface area contributed by atoms with Crippen LogP contribution in [0.1, 0.15) is 25.3 Å². The van der Waals surface area contributed by atoms with E-state index in [1.807, 2.05) is 25.1 Å². The molecule has 0 unspecified atom stereocenters. The second-order valence-corrected chi connectivity index (χ2v) is 7.53. The van der Waals surface area contributed by atoms with E-state index in [0.29, 0.717) is 5.92 Å². The van der Waals surface area contributed by atoms with Gasteiger partial charge in [0, 0.05) is 24.5 Å². The van der Waals surface area contributed by atoms with Crippen LogP contribution in [0.3, 0.4) is 0 Å². The van der Waals surface area contributed by atoms with Gasteiger partial charge in [-0.15, -0.1) is 0 Å². The molecular formula is C22H23F2N3O. The highest BCUT2D eigenvalue weighted by atomic mass is 19.1. The van der Waals surface area contributed by atoms with Crippen LogP contribution in [0.15, 0.2) is 30.3 Å².